The lowest BCUT2D eigenvalue weighted by Gasteiger charge is -2.12. The first kappa shape index (κ1) is 11.3. The summed E-state index contributed by atoms with van der Waals surface area (Å²) in [6, 6.07) is 7.28. The Kier molecular flexibility index (Phi) is 4.15. The van der Waals surface area contributed by atoms with E-state index < -0.39 is 0 Å². The summed E-state index contributed by atoms with van der Waals surface area (Å²) < 4.78 is 0. The predicted molar refractivity (Wildman–Crippen MR) is 62.5 cm³/mol. The van der Waals surface area contributed by atoms with E-state index in [0.717, 1.165) is 13.0 Å². The van der Waals surface area contributed by atoms with Crippen LogP contribution >= 0.6 is 0 Å². The molecule has 1 aromatic rings. The number of hydrogen-bond acceptors (Lipinski definition) is 1. The van der Waals surface area contributed by atoms with E-state index in [1.807, 2.05) is 0 Å². The Morgan fingerprint density at radius 2 is 1.93 bits per heavy atom. The highest BCUT2D eigenvalue weighted by molar-refractivity contribution is 5.31. The first-order valence-electron chi connectivity index (χ1n) is 5.45. The molecule has 0 heterocycles. The number of aryl methyl sites for hydroxylation is 2. The first-order valence-corrected chi connectivity index (χ1v) is 5.45. The SMILES string of the molecule is CCc1cc(C)ccc1CNC(C)C. The molecule has 0 saturated carbocycles. The average molecular weight is 191 g/mol. The maximum atomic E-state index is 3.46. The van der Waals surface area contributed by atoms with E-state index in [2.05, 4.69) is 51.2 Å². The minimum atomic E-state index is 0.556. The third-order valence-electron chi connectivity index (χ3n) is 2.44. The second kappa shape index (κ2) is 5.16. The summed E-state index contributed by atoms with van der Waals surface area (Å²) in [6.45, 7) is 9.72. The van der Waals surface area contributed by atoms with Crippen LogP contribution in [0.5, 0.6) is 0 Å². The Morgan fingerprint density at radius 1 is 1.21 bits per heavy atom. The minimum absolute atomic E-state index is 0.556. The Bertz CT molecular complexity index is 289. The molecule has 0 aromatic heterocycles. The molecule has 1 nitrogen and oxygen atoms in total. The van der Waals surface area contributed by atoms with Gasteiger partial charge in [-0.15, -0.1) is 0 Å². The molecule has 0 atom stereocenters. The van der Waals surface area contributed by atoms with Gasteiger partial charge in [0.05, 0.1) is 0 Å². The largest absolute Gasteiger partial charge is 0.310 e. The highest BCUT2D eigenvalue weighted by Crippen LogP contribution is 2.12. The van der Waals surface area contributed by atoms with Crippen molar-refractivity contribution in [1.29, 1.82) is 0 Å². The zero-order chi connectivity index (χ0) is 10.6. The van der Waals surface area contributed by atoms with Crippen molar-refractivity contribution in [3.63, 3.8) is 0 Å². The van der Waals surface area contributed by atoms with E-state index in [0.29, 0.717) is 6.04 Å². The quantitative estimate of drug-likeness (QED) is 0.771. The number of benzene rings is 1. The fourth-order valence-electron chi connectivity index (χ4n) is 1.57. The second-order valence-corrected chi connectivity index (χ2v) is 4.16. The summed E-state index contributed by atoms with van der Waals surface area (Å²) in [5, 5.41) is 3.46. The van der Waals surface area contributed by atoms with Gasteiger partial charge in [0.2, 0.25) is 0 Å². The highest BCUT2D eigenvalue weighted by Gasteiger charge is 2.01. The molecule has 0 bridgehead atoms. The Balaban J connectivity index is 2.75. The molecule has 0 radical (unpaired) electrons. The van der Waals surface area contributed by atoms with Crippen LogP contribution in [0.2, 0.25) is 0 Å². The van der Waals surface area contributed by atoms with E-state index in [1.165, 1.54) is 16.7 Å². The third kappa shape index (κ3) is 3.15. The lowest BCUT2D eigenvalue weighted by Crippen LogP contribution is -2.22. The van der Waals surface area contributed by atoms with Crippen molar-refractivity contribution >= 4 is 0 Å². The summed E-state index contributed by atoms with van der Waals surface area (Å²) in [4.78, 5) is 0. The summed E-state index contributed by atoms with van der Waals surface area (Å²) >= 11 is 0. The molecule has 0 amide bonds. The molecule has 78 valence electrons. The average Bonchev–Trinajstić information content (AvgIpc) is 2.15. The molecule has 1 aromatic carbocycles. The van der Waals surface area contributed by atoms with Gasteiger partial charge in [0.15, 0.2) is 0 Å². The van der Waals surface area contributed by atoms with Crippen molar-refractivity contribution < 1.29 is 0 Å². The molecule has 1 heteroatoms. The summed E-state index contributed by atoms with van der Waals surface area (Å²) in [5.41, 5.74) is 4.26. The molecule has 0 spiro atoms. The molecular formula is C13H21N. The number of nitrogens with one attached hydrogen (secondary N) is 1. The maximum Gasteiger partial charge on any atom is 0.0210 e. The maximum absolute atomic E-state index is 3.46. The highest BCUT2D eigenvalue weighted by atomic mass is 14.9. The van der Waals surface area contributed by atoms with Crippen molar-refractivity contribution in [3.05, 3.63) is 34.9 Å². The standard InChI is InChI=1S/C13H21N/c1-5-12-8-11(4)6-7-13(12)9-14-10(2)3/h6-8,10,14H,5,9H2,1-4H3. The van der Waals surface area contributed by atoms with Gasteiger partial charge in [-0.2, -0.15) is 0 Å². The number of hydrogen-bond donors (Lipinski definition) is 1. The van der Waals surface area contributed by atoms with Crippen molar-refractivity contribution in [2.45, 2.75) is 46.7 Å². The van der Waals surface area contributed by atoms with Crippen molar-refractivity contribution in [2.24, 2.45) is 0 Å². The molecule has 14 heavy (non-hydrogen) atoms. The van der Waals surface area contributed by atoms with Crippen LogP contribution in [0.4, 0.5) is 0 Å². The smallest absolute Gasteiger partial charge is 0.0210 e. The van der Waals surface area contributed by atoms with Gasteiger partial charge in [0, 0.05) is 12.6 Å². The monoisotopic (exact) mass is 191 g/mol. The van der Waals surface area contributed by atoms with E-state index in [1.54, 1.807) is 0 Å². The van der Waals surface area contributed by atoms with Crippen LogP contribution in [0.1, 0.15) is 37.5 Å². The first-order chi connectivity index (χ1) is 6.63. The van der Waals surface area contributed by atoms with Crippen molar-refractivity contribution in [3.8, 4) is 0 Å². The topological polar surface area (TPSA) is 12.0 Å². The zero-order valence-corrected chi connectivity index (χ0v) is 9.72. The molecule has 1 rings (SSSR count). The Labute approximate surface area is 87.5 Å². The van der Waals surface area contributed by atoms with Gasteiger partial charge in [-0.1, -0.05) is 44.5 Å². The molecule has 0 aliphatic heterocycles. The van der Waals surface area contributed by atoms with Crippen LogP contribution in [0, 0.1) is 6.92 Å². The van der Waals surface area contributed by atoms with Crippen molar-refractivity contribution in [1.82, 2.24) is 5.32 Å². The van der Waals surface area contributed by atoms with Crippen LogP contribution in [0.25, 0.3) is 0 Å². The van der Waals surface area contributed by atoms with E-state index in [-0.39, 0.29) is 0 Å². The molecule has 0 aliphatic rings. The van der Waals surface area contributed by atoms with E-state index in [4.69, 9.17) is 0 Å². The molecule has 0 fully saturated rings. The molecule has 0 saturated heterocycles. The van der Waals surface area contributed by atoms with Crippen molar-refractivity contribution in [2.75, 3.05) is 0 Å². The van der Waals surface area contributed by atoms with Gasteiger partial charge >= 0.3 is 0 Å². The predicted octanol–water partition coefficient (Wildman–Crippen LogP) is 3.06. The fourth-order valence-corrected chi connectivity index (χ4v) is 1.57. The molecule has 1 N–H and O–H groups in total. The molecular weight excluding hydrogens is 170 g/mol. The van der Waals surface area contributed by atoms with E-state index >= 15 is 0 Å². The summed E-state index contributed by atoms with van der Waals surface area (Å²) in [6.07, 6.45) is 1.12. The van der Waals surface area contributed by atoms with Crippen LogP contribution < -0.4 is 5.32 Å². The normalized spacial score (nSPS) is 10.9. The zero-order valence-electron chi connectivity index (χ0n) is 9.72. The van der Waals surface area contributed by atoms with Gasteiger partial charge < -0.3 is 5.32 Å². The minimum Gasteiger partial charge on any atom is -0.310 e. The van der Waals surface area contributed by atoms with Crippen LogP contribution in [0.15, 0.2) is 18.2 Å². The Morgan fingerprint density at radius 3 is 2.50 bits per heavy atom. The van der Waals surface area contributed by atoms with Gasteiger partial charge in [-0.3, -0.25) is 0 Å². The fraction of sp³-hybridized carbons (Fsp3) is 0.538. The summed E-state index contributed by atoms with van der Waals surface area (Å²) in [5.74, 6) is 0. The summed E-state index contributed by atoms with van der Waals surface area (Å²) in [7, 11) is 0. The number of rotatable bonds is 4. The molecule has 0 aliphatic carbocycles. The third-order valence-corrected chi connectivity index (χ3v) is 2.44. The van der Waals surface area contributed by atoms with Crippen LogP contribution in [0.3, 0.4) is 0 Å². The second-order valence-electron chi connectivity index (χ2n) is 4.16. The Hall–Kier alpha value is -0.820. The van der Waals surface area contributed by atoms with E-state index in [9.17, 15) is 0 Å². The van der Waals surface area contributed by atoms with Gasteiger partial charge in [0.1, 0.15) is 0 Å². The van der Waals surface area contributed by atoms with Gasteiger partial charge in [-0.25, -0.2) is 0 Å². The van der Waals surface area contributed by atoms with Crippen LogP contribution in [-0.4, -0.2) is 6.04 Å². The van der Waals surface area contributed by atoms with Crippen LogP contribution in [-0.2, 0) is 13.0 Å². The lowest BCUT2D eigenvalue weighted by molar-refractivity contribution is 0.586. The van der Waals surface area contributed by atoms with Gasteiger partial charge in [-0.05, 0) is 24.5 Å². The van der Waals surface area contributed by atoms with Gasteiger partial charge in [0.25, 0.3) is 0 Å². The molecule has 0 unspecified atom stereocenters. The lowest BCUT2D eigenvalue weighted by atomic mass is 10.0.